The molecule has 0 aliphatic rings. The van der Waals surface area contributed by atoms with E-state index < -0.39 is 12.4 Å². The summed E-state index contributed by atoms with van der Waals surface area (Å²) in [5, 5.41) is 12.7. The number of nitriles is 1. The summed E-state index contributed by atoms with van der Waals surface area (Å²) in [6, 6.07) is 5.46. The number of nitrogens with zero attached hydrogens (tertiary/aromatic N) is 3. The average molecular weight is 311 g/mol. The van der Waals surface area contributed by atoms with Crippen LogP contribution >= 0.6 is 0 Å². The maximum absolute atomic E-state index is 13.4. The molecule has 0 fully saturated rings. The standard InChI is InChI=1S/C13H10F3N3O.C2H6/c1-7-8(2)19(18-12(7)20-13(15)16)11-4-9(6-17)3-10(14)5-11;1-2/h3-5,13H,1-2H3;1-2H3. The van der Waals surface area contributed by atoms with E-state index in [1.165, 1.54) is 10.7 Å². The molecular weight excluding hydrogens is 295 g/mol. The minimum absolute atomic E-state index is 0.115. The Kier molecular flexibility index (Phi) is 5.99. The first-order chi connectivity index (χ1) is 10.4. The molecular formula is C15H16F3N3O. The fourth-order valence-electron chi connectivity index (χ4n) is 1.76. The number of halogens is 3. The summed E-state index contributed by atoms with van der Waals surface area (Å²) in [5.74, 6) is -0.830. The smallest absolute Gasteiger partial charge is 0.388 e. The zero-order valence-corrected chi connectivity index (χ0v) is 12.7. The molecule has 1 heterocycles. The molecule has 0 aliphatic carbocycles. The van der Waals surface area contributed by atoms with E-state index in [4.69, 9.17) is 5.26 Å². The number of aromatic nitrogens is 2. The third-order valence-electron chi connectivity index (χ3n) is 2.83. The third kappa shape index (κ3) is 3.79. The minimum atomic E-state index is -2.99. The molecule has 0 saturated heterocycles. The predicted octanol–water partition coefficient (Wildman–Crippen LogP) is 4.13. The Labute approximate surface area is 126 Å². The van der Waals surface area contributed by atoms with Crippen LogP contribution in [0.2, 0.25) is 0 Å². The number of benzene rings is 1. The van der Waals surface area contributed by atoms with E-state index in [0.29, 0.717) is 11.3 Å². The van der Waals surface area contributed by atoms with Gasteiger partial charge in [0.1, 0.15) is 5.82 Å². The minimum Gasteiger partial charge on any atom is -0.415 e. The Morgan fingerprint density at radius 2 is 1.86 bits per heavy atom. The van der Waals surface area contributed by atoms with Gasteiger partial charge in [0.25, 0.3) is 0 Å². The lowest BCUT2D eigenvalue weighted by Crippen LogP contribution is -2.04. The maximum atomic E-state index is 13.4. The van der Waals surface area contributed by atoms with Crippen molar-refractivity contribution >= 4 is 0 Å². The van der Waals surface area contributed by atoms with Crippen LogP contribution < -0.4 is 4.74 Å². The van der Waals surface area contributed by atoms with E-state index >= 15 is 0 Å². The SMILES string of the molecule is CC.Cc1c(OC(F)F)nn(-c2cc(F)cc(C#N)c2)c1C. The van der Waals surface area contributed by atoms with Gasteiger partial charge in [0, 0.05) is 11.3 Å². The summed E-state index contributed by atoms with van der Waals surface area (Å²) in [7, 11) is 0. The molecule has 0 saturated carbocycles. The Morgan fingerprint density at radius 3 is 2.41 bits per heavy atom. The molecule has 2 rings (SSSR count). The van der Waals surface area contributed by atoms with Gasteiger partial charge in [-0.3, -0.25) is 0 Å². The molecule has 1 aromatic carbocycles. The van der Waals surface area contributed by atoms with Crippen LogP contribution in [0.5, 0.6) is 5.88 Å². The lowest BCUT2D eigenvalue weighted by Gasteiger charge is -2.05. The summed E-state index contributed by atoms with van der Waals surface area (Å²) in [6.07, 6.45) is 0. The van der Waals surface area contributed by atoms with Crippen LogP contribution in [0.3, 0.4) is 0 Å². The molecule has 7 heteroatoms. The van der Waals surface area contributed by atoms with Crippen LogP contribution in [-0.4, -0.2) is 16.4 Å². The molecule has 0 atom stereocenters. The topological polar surface area (TPSA) is 50.8 Å². The quantitative estimate of drug-likeness (QED) is 0.856. The Hall–Kier alpha value is -2.49. The third-order valence-corrected chi connectivity index (χ3v) is 2.83. The summed E-state index contributed by atoms with van der Waals surface area (Å²) in [6.45, 7) is 4.22. The highest BCUT2D eigenvalue weighted by molar-refractivity contribution is 5.44. The average Bonchev–Trinajstić information content (AvgIpc) is 2.76. The van der Waals surface area contributed by atoms with E-state index in [0.717, 1.165) is 12.1 Å². The number of hydrogen-bond donors (Lipinski definition) is 0. The lowest BCUT2D eigenvalue weighted by atomic mass is 10.2. The molecule has 0 bridgehead atoms. The van der Waals surface area contributed by atoms with E-state index in [2.05, 4.69) is 9.84 Å². The van der Waals surface area contributed by atoms with Gasteiger partial charge in [-0.25, -0.2) is 9.07 Å². The van der Waals surface area contributed by atoms with Crippen molar-refractivity contribution in [2.45, 2.75) is 34.3 Å². The van der Waals surface area contributed by atoms with Gasteiger partial charge < -0.3 is 4.74 Å². The fraction of sp³-hybridized carbons (Fsp3) is 0.333. The van der Waals surface area contributed by atoms with E-state index in [1.807, 2.05) is 19.9 Å². The van der Waals surface area contributed by atoms with Gasteiger partial charge in [0.2, 0.25) is 5.88 Å². The van der Waals surface area contributed by atoms with Crippen LogP contribution in [0.25, 0.3) is 5.69 Å². The van der Waals surface area contributed by atoms with Gasteiger partial charge in [0.15, 0.2) is 0 Å². The fourth-order valence-corrected chi connectivity index (χ4v) is 1.76. The van der Waals surface area contributed by atoms with Gasteiger partial charge in [-0.1, -0.05) is 13.8 Å². The lowest BCUT2D eigenvalue weighted by molar-refractivity contribution is -0.0534. The largest absolute Gasteiger partial charge is 0.415 e. The van der Waals surface area contributed by atoms with E-state index in [1.54, 1.807) is 13.8 Å². The van der Waals surface area contributed by atoms with Crippen molar-refractivity contribution in [3.63, 3.8) is 0 Å². The highest BCUT2D eigenvalue weighted by Crippen LogP contribution is 2.25. The first kappa shape index (κ1) is 17.6. The molecule has 0 radical (unpaired) electrons. The summed E-state index contributed by atoms with van der Waals surface area (Å²) < 4.78 is 43.5. The molecule has 0 unspecified atom stereocenters. The molecule has 2 aromatic rings. The molecule has 0 aliphatic heterocycles. The number of alkyl halides is 2. The maximum Gasteiger partial charge on any atom is 0.388 e. The molecule has 0 N–H and O–H groups in total. The molecule has 0 spiro atoms. The molecule has 0 amide bonds. The number of rotatable bonds is 3. The molecule has 4 nitrogen and oxygen atoms in total. The zero-order chi connectivity index (χ0) is 16.9. The van der Waals surface area contributed by atoms with Crippen molar-refractivity contribution in [3.05, 3.63) is 40.8 Å². The van der Waals surface area contributed by atoms with Crippen molar-refractivity contribution in [3.8, 4) is 17.6 Å². The first-order valence-electron chi connectivity index (χ1n) is 6.64. The normalized spacial score (nSPS) is 9.95. The number of hydrogen-bond acceptors (Lipinski definition) is 3. The van der Waals surface area contributed by atoms with Crippen molar-refractivity contribution in [1.82, 2.24) is 9.78 Å². The van der Waals surface area contributed by atoms with Gasteiger partial charge in [-0.2, -0.15) is 14.0 Å². The van der Waals surface area contributed by atoms with Crippen molar-refractivity contribution in [2.75, 3.05) is 0 Å². The molecule has 1 aromatic heterocycles. The Bertz CT molecular complexity index is 690. The molecule has 118 valence electrons. The predicted molar refractivity (Wildman–Crippen MR) is 75.7 cm³/mol. The first-order valence-corrected chi connectivity index (χ1v) is 6.64. The van der Waals surface area contributed by atoms with E-state index in [9.17, 15) is 13.2 Å². The van der Waals surface area contributed by atoms with Crippen LogP contribution in [0.15, 0.2) is 18.2 Å². The van der Waals surface area contributed by atoms with Gasteiger partial charge in [-0.15, -0.1) is 5.10 Å². The summed E-state index contributed by atoms with van der Waals surface area (Å²) in [4.78, 5) is 0. The van der Waals surface area contributed by atoms with E-state index in [-0.39, 0.29) is 17.1 Å². The van der Waals surface area contributed by atoms with Crippen LogP contribution in [0, 0.1) is 31.0 Å². The Morgan fingerprint density at radius 1 is 1.23 bits per heavy atom. The second kappa shape index (κ2) is 7.50. The summed E-state index contributed by atoms with van der Waals surface area (Å²) in [5.41, 5.74) is 1.33. The second-order valence-corrected chi connectivity index (χ2v) is 4.12. The van der Waals surface area contributed by atoms with Gasteiger partial charge in [-0.05, 0) is 32.0 Å². The number of ether oxygens (including phenoxy) is 1. The highest BCUT2D eigenvalue weighted by Gasteiger charge is 2.17. The second-order valence-electron chi connectivity index (χ2n) is 4.12. The molecule has 22 heavy (non-hydrogen) atoms. The van der Waals surface area contributed by atoms with Crippen LogP contribution in [-0.2, 0) is 0 Å². The van der Waals surface area contributed by atoms with Crippen molar-refractivity contribution in [1.29, 1.82) is 5.26 Å². The zero-order valence-electron chi connectivity index (χ0n) is 12.7. The van der Waals surface area contributed by atoms with Crippen LogP contribution in [0.4, 0.5) is 13.2 Å². The van der Waals surface area contributed by atoms with Crippen molar-refractivity contribution < 1.29 is 17.9 Å². The highest BCUT2D eigenvalue weighted by atomic mass is 19.3. The monoisotopic (exact) mass is 311 g/mol. The summed E-state index contributed by atoms with van der Waals surface area (Å²) >= 11 is 0. The van der Waals surface area contributed by atoms with Crippen molar-refractivity contribution in [2.24, 2.45) is 0 Å². The Balaban J connectivity index is 0.00000116. The van der Waals surface area contributed by atoms with Crippen LogP contribution in [0.1, 0.15) is 30.7 Å². The van der Waals surface area contributed by atoms with Gasteiger partial charge in [0.05, 0.1) is 17.3 Å². The van der Waals surface area contributed by atoms with Gasteiger partial charge >= 0.3 is 6.61 Å².